The molecule has 2 rings (SSSR count). The largest absolute Gasteiger partial charge is 0.395 e. The zero-order valence-electron chi connectivity index (χ0n) is 17.0. The minimum Gasteiger partial charge on any atom is -0.395 e. The van der Waals surface area contributed by atoms with Crippen LogP contribution in [0.2, 0.25) is 0 Å². The van der Waals surface area contributed by atoms with E-state index in [-0.39, 0.29) is 19.6 Å². The second kappa shape index (κ2) is 12.2. The van der Waals surface area contributed by atoms with E-state index in [9.17, 15) is 25.2 Å². The predicted octanol–water partition coefficient (Wildman–Crippen LogP) is -4.53. The third-order valence-corrected chi connectivity index (χ3v) is 5.50. The Hall–Kier alpha value is -0.930. The first-order valence-electron chi connectivity index (χ1n) is 10.4. The van der Waals surface area contributed by atoms with Crippen molar-refractivity contribution in [1.82, 2.24) is 10.6 Å². The van der Waals surface area contributed by atoms with Crippen LogP contribution < -0.4 is 22.1 Å². The number of carbonyl (C=O) groups excluding carboxylic acids is 1. The van der Waals surface area contributed by atoms with E-state index in [1.54, 1.807) is 0 Å². The molecule has 1 saturated heterocycles. The molecule has 2 fully saturated rings. The molecule has 9 atom stereocenters. The number of nitrogens with two attached hydrogens (primary N) is 2. The second-order valence-electron chi connectivity index (χ2n) is 7.93. The Labute approximate surface area is 175 Å². The second-order valence-corrected chi connectivity index (χ2v) is 7.93. The number of hydrogen-bond donors (Lipinski definition) is 9. The summed E-state index contributed by atoms with van der Waals surface area (Å²) in [6, 6.07) is -1.09. The highest BCUT2D eigenvalue weighted by Gasteiger charge is 2.40. The minimum atomic E-state index is -1.66. The van der Waals surface area contributed by atoms with Crippen molar-refractivity contribution in [1.29, 1.82) is 0 Å². The molecule has 1 heterocycles. The van der Waals surface area contributed by atoms with Gasteiger partial charge >= 0.3 is 0 Å². The monoisotopic (exact) mass is 436 g/mol. The van der Waals surface area contributed by atoms with E-state index in [1.807, 2.05) is 0 Å². The van der Waals surface area contributed by atoms with Gasteiger partial charge in [-0.15, -0.1) is 0 Å². The Balaban J connectivity index is 1.85. The van der Waals surface area contributed by atoms with Gasteiger partial charge in [0.25, 0.3) is 5.91 Å². The summed E-state index contributed by atoms with van der Waals surface area (Å²) in [6.07, 6.45) is -5.16. The zero-order valence-corrected chi connectivity index (χ0v) is 17.0. The first kappa shape index (κ1) is 25.3. The average Bonchev–Trinajstić information content (AvgIpc) is 2.71. The number of rotatable bonds is 10. The van der Waals surface area contributed by atoms with Gasteiger partial charge in [-0.1, -0.05) is 0 Å². The molecule has 2 aliphatic rings. The van der Waals surface area contributed by atoms with Gasteiger partial charge < -0.3 is 57.1 Å². The molecule has 176 valence electrons. The van der Waals surface area contributed by atoms with Crippen LogP contribution in [0.1, 0.15) is 25.7 Å². The molecule has 0 aromatic carbocycles. The first-order valence-corrected chi connectivity index (χ1v) is 10.4. The number of aliphatic hydroxyl groups excluding tert-OH is 5. The lowest BCUT2D eigenvalue weighted by Gasteiger charge is -2.42. The fourth-order valence-corrected chi connectivity index (χ4v) is 3.80. The smallest absolute Gasteiger partial charge is 0.251 e. The molecule has 0 aromatic heterocycles. The van der Waals surface area contributed by atoms with Crippen molar-refractivity contribution in [3.63, 3.8) is 0 Å². The van der Waals surface area contributed by atoms with Gasteiger partial charge in [-0.25, -0.2) is 0 Å². The fraction of sp³-hybridized carbons (Fsp3) is 0.944. The average molecular weight is 437 g/mol. The molecule has 12 heteroatoms. The van der Waals surface area contributed by atoms with E-state index in [1.165, 1.54) is 0 Å². The lowest BCUT2D eigenvalue weighted by molar-refractivity contribution is -0.255. The molecule has 1 aliphatic heterocycles. The van der Waals surface area contributed by atoms with Gasteiger partial charge in [0.2, 0.25) is 0 Å². The Morgan fingerprint density at radius 2 is 1.93 bits per heavy atom. The van der Waals surface area contributed by atoms with Crippen LogP contribution in [0.5, 0.6) is 0 Å². The lowest BCUT2D eigenvalue weighted by Crippen LogP contribution is -2.59. The molecule has 1 saturated carbocycles. The van der Waals surface area contributed by atoms with Crippen LogP contribution in [-0.2, 0) is 14.3 Å². The topological polar surface area (TPSA) is 213 Å². The van der Waals surface area contributed by atoms with Crippen molar-refractivity contribution in [3.8, 4) is 0 Å². The summed E-state index contributed by atoms with van der Waals surface area (Å²) < 4.78 is 11.7. The molecule has 1 aliphatic carbocycles. The van der Waals surface area contributed by atoms with Gasteiger partial charge in [-0.3, -0.25) is 4.79 Å². The van der Waals surface area contributed by atoms with Gasteiger partial charge in [0.1, 0.15) is 12.2 Å². The number of carbonyl (C=O) groups is 1. The third-order valence-electron chi connectivity index (χ3n) is 5.50. The van der Waals surface area contributed by atoms with Crippen LogP contribution >= 0.6 is 0 Å². The van der Waals surface area contributed by atoms with Crippen LogP contribution in [-0.4, -0.2) is 113 Å². The Morgan fingerprint density at radius 1 is 1.20 bits per heavy atom. The molecule has 1 amide bonds. The van der Waals surface area contributed by atoms with Crippen LogP contribution in [0.3, 0.4) is 0 Å². The van der Waals surface area contributed by atoms with Crippen molar-refractivity contribution in [2.24, 2.45) is 11.5 Å². The van der Waals surface area contributed by atoms with Crippen LogP contribution in [0, 0.1) is 0 Å². The van der Waals surface area contributed by atoms with E-state index in [2.05, 4.69) is 10.6 Å². The van der Waals surface area contributed by atoms with Crippen LogP contribution in [0.15, 0.2) is 0 Å². The number of amides is 1. The van der Waals surface area contributed by atoms with E-state index < -0.39 is 60.9 Å². The molecule has 0 spiro atoms. The molecular weight excluding hydrogens is 400 g/mol. The van der Waals surface area contributed by atoms with Crippen molar-refractivity contribution < 1.29 is 39.8 Å². The SMILES string of the molecule is NCC(O)C(O)C(=O)NC1CC(N)[C@@H](O[C@@H]2CC[C@H](O)C(CNCCO)O2)C(O)C1. The lowest BCUT2D eigenvalue weighted by atomic mass is 9.86. The molecule has 12 nitrogen and oxygen atoms in total. The van der Waals surface area contributed by atoms with Gasteiger partial charge in [-0.2, -0.15) is 0 Å². The van der Waals surface area contributed by atoms with Gasteiger partial charge in [0, 0.05) is 38.1 Å². The van der Waals surface area contributed by atoms with Crippen molar-refractivity contribution >= 4 is 5.91 Å². The molecular formula is C18H36N4O8. The first-order chi connectivity index (χ1) is 14.3. The molecule has 0 aromatic rings. The summed E-state index contributed by atoms with van der Waals surface area (Å²) in [4.78, 5) is 12.0. The summed E-state index contributed by atoms with van der Waals surface area (Å²) in [7, 11) is 0. The van der Waals surface area contributed by atoms with E-state index in [0.29, 0.717) is 32.4 Å². The molecule has 6 unspecified atom stereocenters. The Bertz CT molecular complexity index is 518. The van der Waals surface area contributed by atoms with E-state index >= 15 is 0 Å². The number of nitrogens with one attached hydrogen (secondary N) is 2. The third kappa shape index (κ3) is 7.05. The summed E-state index contributed by atoms with van der Waals surface area (Å²) in [5.41, 5.74) is 11.4. The van der Waals surface area contributed by atoms with Gasteiger partial charge in [0.15, 0.2) is 12.4 Å². The number of aliphatic hydroxyl groups is 5. The van der Waals surface area contributed by atoms with Crippen molar-refractivity contribution in [3.05, 3.63) is 0 Å². The number of ether oxygens (including phenoxy) is 2. The van der Waals surface area contributed by atoms with Crippen LogP contribution in [0.4, 0.5) is 0 Å². The summed E-state index contributed by atoms with van der Waals surface area (Å²) in [5, 5.41) is 54.2. The highest BCUT2D eigenvalue weighted by molar-refractivity contribution is 5.81. The zero-order chi connectivity index (χ0) is 22.3. The maximum atomic E-state index is 12.0. The fourth-order valence-electron chi connectivity index (χ4n) is 3.80. The van der Waals surface area contributed by atoms with Gasteiger partial charge in [-0.05, 0) is 19.3 Å². The summed E-state index contributed by atoms with van der Waals surface area (Å²) in [6.45, 7) is 0.454. The highest BCUT2D eigenvalue weighted by atomic mass is 16.7. The maximum Gasteiger partial charge on any atom is 0.251 e. The quantitative estimate of drug-likeness (QED) is 0.149. The molecule has 0 bridgehead atoms. The normalized spacial score (nSPS) is 36.8. The minimum absolute atomic E-state index is 0.0220. The highest BCUT2D eigenvalue weighted by Crippen LogP contribution is 2.27. The molecule has 0 radical (unpaired) electrons. The van der Waals surface area contributed by atoms with Crippen molar-refractivity contribution in [2.45, 2.75) is 80.7 Å². The van der Waals surface area contributed by atoms with Gasteiger partial charge in [0.05, 0.1) is 24.9 Å². The maximum absolute atomic E-state index is 12.0. The molecule has 30 heavy (non-hydrogen) atoms. The number of hydrogen-bond acceptors (Lipinski definition) is 11. The Morgan fingerprint density at radius 3 is 2.57 bits per heavy atom. The van der Waals surface area contributed by atoms with Crippen LogP contribution in [0.25, 0.3) is 0 Å². The van der Waals surface area contributed by atoms with E-state index in [0.717, 1.165) is 0 Å². The molecule has 11 N–H and O–H groups in total. The van der Waals surface area contributed by atoms with E-state index in [4.69, 9.17) is 26.0 Å². The Kier molecular flexibility index (Phi) is 10.3. The summed E-state index contributed by atoms with van der Waals surface area (Å²) in [5.74, 6) is -0.778. The summed E-state index contributed by atoms with van der Waals surface area (Å²) >= 11 is 0. The van der Waals surface area contributed by atoms with Crippen molar-refractivity contribution in [2.75, 3.05) is 26.2 Å². The predicted molar refractivity (Wildman–Crippen MR) is 105 cm³/mol. The standard InChI is InChI=1S/C18H36N4O8/c19-7-13(26)16(27)18(28)22-9-5-10(20)17(12(25)6-9)30-15-2-1-11(24)14(29-15)8-21-3-4-23/h9-17,21,23-27H,1-8,19-20H2,(H,22,28)/t9?,10?,11-,12?,13?,14?,15+,16?,17+/m0/s1.